The van der Waals surface area contributed by atoms with Gasteiger partial charge in [0.05, 0.1) is 0 Å². The molecule has 0 saturated heterocycles. The molecule has 5 aromatic rings. The van der Waals surface area contributed by atoms with Crippen LogP contribution in [0, 0.1) is 13.8 Å². The van der Waals surface area contributed by atoms with E-state index in [9.17, 15) is 9.59 Å². The predicted molar refractivity (Wildman–Crippen MR) is 145 cm³/mol. The molecule has 2 heterocycles. The summed E-state index contributed by atoms with van der Waals surface area (Å²) in [5.41, 5.74) is 4.61. The lowest BCUT2D eigenvalue weighted by Gasteiger charge is -2.14. The Kier molecular flexibility index (Phi) is 6.96. The number of nitrogens with one attached hydrogen (secondary N) is 3. The van der Waals surface area contributed by atoms with Gasteiger partial charge in [-0.2, -0.15) is 0 Å². The summed E-state index contributed by atoms with van der Waals surface area (Å²) in [4.78, 5) is 35.8. The standard InChI is InChI=1S/C28H25BrN4O4/c1-16-3-6-18(7-4-16)14-37-23-13-21(36-15-20-8-5-17(2)11-22(20)29)10-9-19(23)12-24-30-25-26(31-24)32-28(35)33-27(25)34/h3-11,13H,12,14-15H2,1-2H3,(H3,30,31,32,33,34,35). The number of aromatic nitrogens is 4. The molecule has 0 atom stereocenters. The van der Waals surface area contributed by atoms with Crippen LogP contribution >= 0.6 is 15.9 Å². The van der Waals surface area contributed by atoms with Crippen LogP contribution in [0.3, 0.4) is 0 Å². The van der Waals surface area contributed by atoms with Gasteiger partial charge in [-0.25, -0.2) is 9.78 Å². The number of benzene rings is 3. The molecule has 0 aliphatic carbocycles. The molecule has 8 nitrogen and oxygen atoms in total. The van der Waals surface area contributed by atoms with Gasteiger partial charge < -0.3 is 14.5 Å². The van der Waals surface area contributed by atoms with Crippen molar-refractivity contribution >= 4 is 27.1 Å². The molecule has 0 aliphatic heterocycles. The van der Waals surface area contributed by atoms with E-state index in [-0.39, 0.29) is 11.2 Å². The third-order valence-corrected chi connectivity index (χ3v) is 6.69. The van der Waals surface area contributed by atoms with Gasteiger partial charge in [0.15, 0.2) is 5.65 Å². The van der Waals surface area contributed by atoms with Crippen LogP contribution in [-0.4, -0.2) is 19.9 Å². The van der Waals surface area contributed by atoms with E-state index in [0.29, 0.717) is 37.0 Å². The quantitative estimate of drug-likeness (QED) is 0.245. The molecule has 0 unspecified atom stereocenters. The minimum atomic E-state index is -0.598. The predicted octanol–water partition coefficient (Wildman–Crippen LogP) is 5.07. The normalized spacial score (nSPS) is 11.1. The number of H-pyrrole nitrogens is 3. The van der Waals surface area contributed by atoms with Gasteiger partial charge in [-0.3, -0.25) is 14.8 Å². The average Bonchev–Trinajstić information content (AvgIpc) is 3.27. The molecule has 0 saturated carbocycles. The van der Waals surface area contributed by atoms with Crippen molar-refractivity contribution in [3.63, 3.8) is 0 Å². The first-order valence-corrected chi connectivity index (χ1v) is 12.5. The van der Waals surface area contributed by atoms with Crippen LogP contribution in [0.1, 0.15) is 33.6 Å². The van der Waals surface area contributed by atoms with Gasteiger partial charge in [0.25, 0.3) is 5.56 Å². The molecule has 0 spiro atoms. The Labute approximate surface area is 220 Å². The first-order chi connectivity index (χ1) is 17.8. The van der Waals surface area contributed by atoms with Crippen molar-refractivity contribution in [1.82, 2.24) is 19.9 Å². The van der Waals surface area contributed by atoms with E-state index in [1.807, 2.05) is 68.4 Å². The highest BCUT2D eigenvalue weighted by molar-refractivity contribution is 9.10. The van der Waals surface area contributed by atoms with E-state index in [0.717, 1.165) is 21.2 Å². The zero-order valence-corrected chi connectivity index (χ0v) is 21.9. The molecule has 3 aromatic carbocycles. The molecular weight excluding hydrogens is 536 g/mol. The minimum absolute atomic E-state index is 0.217. The highest BCUT2D eigenvalue weighted by Gasteiger charge is 2.13. The topological polar surface area (TPSA) is 113 Å². The summed E-state index contributed by atoms with van der Waals surface area (Å²) in [5, 5.41) is 0. The summed E-state index contributed by atoms with van der Waals surface area (Å²) in [6.45, 7) is 4.87. The zero-order chi connectivity index (χ0) is 25.9. The number of fused-ring (bicyclic) bond motifs is 1. The van der Waals surface area contributed by atoms with Crippen LogP contribution in [0.5, 0.6) is 11.5 Å². The Morgan fingerprint density at radius 2 is 1.57 bits per heavy atom. The van der Waals surface area contributed by atoms with Gasteiger partial charge in [0.2, 0.25) is 0 Å². The summed E-state index contributed by atoms with van der Waals surface area (Å²) in [6, 6.07) is 20.0. The van der Waals surface area contributed by atoms with E-state index in [2.05, 4.69) is 41.9 Å². The number of aromatic amines is 3. The largest absolute Gasteiger partial charge is 0.489 e. The fourth-order valence-electron chi connectivity index (χ4n) is 3.93. The second-order valence-corrected chi connectivity index (χ2v) is 9.77. The molecule has 188 valence electrons. The van der Waals surface area contributed by atoms with E-state index in [4.69, 9.17) is 9.47 Å². The molecule has 2 aromatic heterocycles. The van der Waals surface area contributed by atoms with Crippen molar-refractivity contribution in [2.24, 2.45) is 0 Å². The SMILES string of the molecule is Cc1ccc(COc2cc(OCc3ccc(C)cc3Br)ccc2Cc2nc3[nH]c(=O)[nH]c(=O)c3[nH]2)cc1. The fourth-order valence-corrected chi connectivity index (χ4v) is 4.53. The third-order valence-electron chi connectivity index (χ3n) is 5.95. The number of halogens is 1. The Morgan fingerprint density at radius 1 is 0.811 bits per heavy atom. The Hall–Kier alpha value is -4.11. The van der Waals surface area contributed by atoms with E-state index >= 15 is 0 Å². The number of hydrogen-bond donors (Lipinski definition) is 3. The van der Waals surface area contributed by atoms with Gasteiger partial charge >= 0.3 is 5.69 Å². The van der Waals surface area contributed by atoms with Crippen molar-refractivity contribution in [3.8, 4) is 11.5 Å². The maximum atomic E-state index is 12.1. The number of imidazole rings is 1. The second-order valence-electron chi connectivity index (χ2n) is 8.92. The lowest BCUT2D eigenvalue weighted by Crippen LogP contribution is -2.21. The van der Waals surface area contributed by atoms with E-state index < -0.39 is 11.2 Å². The van der Waals surface area contributed by atoms with Crippen molar-refractivity contribution in [3.05, 3.63) is 120 Å². The Morgan fingerprint density at radius 3 is 2.35 bits per heavy atom. The van der Waals surface area contributed by atoms with Crippen LogP contribution < -0.4 is 20.7 Å². The van der Waals surface area contributed by atoms with Gasteiger partial charge in [0.1, 0.15) is 36.1 Å². The average molecular weight is 561 g/mol. The molecule has 3 N–H and O–H groups in total. The van der Waals surface area contributed by atoms with Crippen LogP contribution in [0.2, 0.25) is 0 Å². The number of rotatable bonds is 8. The smallest absolute Gasteiger partial charge is 0.327 e. The van der Waals surface area contributed by atoms with Crippen molar-refractivity contribution < 1.29 is 9.47 Å². The fraction of sp³-hybridized carbons (Fsp3) is 0.179. The number of nitrogens with zero attached hydrogens (tertiary/aromatic N) is 1. The summed E-state index contributed by atoms with van der Waals surface area (Å²) in [7, 11) is 0. The summed E-state index contributed by atoms with van der Waals surface area (Å²) in [6.07, 6.45) is 0.364. The lowest BCUT2D eigenvalue weighted by atomic mass is 10.1. The Bertz CT molecular complexity index is 1690. The monoisotopic (exact) mass is 560 g/mol. The van der Waals surface area contributed by atoms with Crippen molar-refractivity contribution in [2.45, 2.75) is 33.5 Å². The maximum Gasteiger partial charge on any atom is 0.327 e. The van der Waals surface area contributed by atoms with Crippen LogP contribution in [-0.2, 0) is 19.6 Å². The Balaban J connectivity index is 1.41. The zero-order valence-electron chi connectivity index (χ0n) is 20.4. The molecule has 5 rings (SSSR count). The minimum Gasteiger partial charge on any atom is -0.489 e. The van der Waals surface area contributed by atoms with Crippen LogP contribution in [0.4, 0.5) is 0 Å². The van der Waals surface area contributed by atoms with Gasteiger partial charge in [-0.1, -0.05) is 64.0 Å². The van der Waals surface area contributed by atoms with Gasteiger partial charge in [0, 0.05) is 28.1 Å². The van der Waals surface area contributed by atoms with E-state index in [1.165, 1.54) is 11.1 Å². The third kappa shape index (κ3) is 5.83. The molecule has 37 heavy (non-hydrogen) atoms. The molecule has 0 fully saturated rings. The molecule has 0 bridgehead atoms. The van der Waals surface area contributed by atoms with Crippen molar-refractivity contribution in [1.29, 1.82) is 0 Å². The number of hydrogen-bond acceptors (Lipinski definition) is 5. The lowest BCUT2D eigenvalue weighted by molar-refractivity contribution is 0.288. The number of ether oxygens (including phenoxy) is 2. The summed E-state index contributed by atoms with van der Waals surface area (Å²) >= 11 is 3.60. The molecular formula is C28H25BrN4O4. The highest BCUT2D eigenvalue weighted by Crippen LogP contribution is 2.29. The summed E-state index contributed by atoms with van der Waals surface area (Å²) < 4.78 is 13.3. The van der Waals surface area contributed by atoms with Crippen molar-refractivity contribution in [2.75, 3.05) is 0 Å². The molecule has 0 amide bonds. The van der Waals surface area contributed by atoms with Crippen LogP contribution in [0.25, 0.3) is 11.2 Å². The van der Waals surface area contributed by atoms with Gasteiger partial charge in [-0.15, -0.1) is 0 Å². The first-order valence-electron chi connectivity index (χ1n) is 11.7. The number of aryl methyl sites for hydroxylation is 2. The summed E-state index contributed by atoms with van der Waals surface area (Å²) in [5.74, 6) is 1.84. The van der Waals surface area contributed by atoms with Crippen LogP contribution in [0.15, 0.2) is 74.7 Å². The molecule has 0 aliphatic rings. The maximum absolute atomic E-state index is 12.1. The first kappa shape index (κ1) is 24.6. The second kappa shape index (κ2) is 10.5. The molecule has 9 heteroatoms. The van der Waals surface area contributed by atoms with E-state index in [1.54, 1.807) is 0 Å². The van der Waals surface area contributed by atoms with Gasteiger partial charge in [-0.05, 0) is 37.1 Å². The molecule has 0 radical (unpaired) electrons. The highest BCUT2D eigenvalue weighted by atomic mass is 79.9.